The lowest BCUT2D eigenvalue weighted by Crippen LogP contribution is -2.56. The van der Waals surface area contributed by atoms with E-state index in [1.54, 1.807) is 0 Å². The zero-order valence-corrected chi connectivity index (χ0v) is 15.5. The summed E-state index contributed by atoms with van der Waals surface area (Å²) in [7, 11) is 0. The van der Waals surface area contributed by atoms with Crippen LogP contribution in [0.4, 0.5) is 0 Å². The second-order valence-electron chi connectivity index (χ2n) is 7.75. The van der Waals surface area contributed by atoms with Gasteiger partial charge in [-0.1, -0.05) is 13.8 Å². The van der Waals surface area contributed by atoms with Crippen LogP contribution >= 0.6 is 12.4 Å². The molecule has 0 aromatic carbocycles. The Morgan fingerprint density at radius 3 is 2.43 bits per heavy atom. The van der Waals surface area contributed by atoms with Gasteiger partial charge in [-0.3, -0.25) is 9.59 Å². The second-order valence-corrected chi connectivity index (χ2v) is 7.75. The molecule has 1 heterocycles. The van der Waals surface area contributed by atoms with Crippen LogP contribution in [0.15, 0.2) is 0 Å². The van der Waals surface area contributed by atoms with Gasteiger partial charge in [-0.2, -0.15) is 0 Å². The highest BCUT2D eigenvalue weighted by Gasteiger charge is 2.37. The van der Waals surface area contributed by atoms with Gasteiger partial charge in [0.15, 0.2) is 0 Å². The zero-order chi connectivity index (χ0) is 16.3. The largest absolute Gasteiger partial charge is 0.349 e. The molecular formula is C17H32ClN3O2. The van der Waals surface area contributed by atoms with Crippen molar-refractivity contribution in [1.82, 2.24) is 10.2 Å². The van der Waals surface area contributed by atoms with Crippen LogP contribution in [0.5, 0.6) is 0 Å². The highest BCUT2D eigenvalue weighted by Crippen LogP contribution is 2.32. The normalized spacial score (nSPS) is 23.9. The molecule has 1 aliphatic carbocycles. The minimum absolute atomic E-state index is 0. The topological polar surface area (TPSA) is 75.4 Å². The molecule has 2 rings (SSSR count). The molecule has 2 atom stereocenters. The monoisotopic (exact) mass is 345 g/mol. The highest BCUT2D eigenvalue weighted by atomic mass is 35.5. The third-order valence-corrected chi connectivity index (χ3v) is 4.76. The molecule has 3 N–H and O–H groups in total. The van der Waals surface area contributed by atoms with Gasteiger partial charge in [-0.15, -0.1) is 12.4 Å². The number of nitrogens with one attached hydrogen (secondary N) is 1. The van der Waals surface area contributed by atoms with E-state index in [0.717, 1.165) is 38.6 Å². The number of carbonyl (C=O) groups excluding carboxylic acids is 2. The third kappa shape index (κ3) is 5.64. The van der Waals surface area contributed by atoms with E-state index in [-0.39, 0.29) is 41.6 Å². The Kier molecular flexibility index (Phi) is 7.33. The summed E-state index contributed by atoms with van der Waals surface area (Å²) in [4.78, 5) is 26.7. The molecule has 1 saturated heterocycles. The fraction of sp³-hybridized carbons (Fsp3) is 0.882. The number of carbonyl (C=O) groups is 2. The first-order valence-electron chi connectivity index (χ1n) is 8.65. The molecule has 2 amide bonds. The van der Waals surface area contributed by atoms with Crippen LogP contribution < -0.4 is 11.1 Å². The minimum atomic E-state index is -0.353. The number of rotatable bonds is 6. The van der Waals surface area contributed by atoms with E-state index in [9.17, 15) is 9.59 Å². The van der Waals surface area contributed by atoms with Crippen molar-refractivity contribution in [2.45, 2.75) is 58.4 Å². The third-order valence-electron chi connectivity index (χ3n) is 4.76. The van der Waals surface area contributed by atoms with Gasteiger partial charge < -0.3 is 16.0 Å². The number of nitrogens with zero attached hydrogens (tertiary/aromatic N) is 1. The number of amides is 2. The zero-order valence-electron chi connectivity index (χ0n) is 14.6. The van der Waals surface area contributed by atoms with Crippen LogP contribution in [0.2, 0.25) is 0 Å². The van der Waals surface area contributed by atoms with Gasteiger partial charge >= 0.3 is 0 Å². The summed E-state index contributed by atoms with van der Waals surface area (Å²) in [6, 6.07) is 0. The minimum Gasteiger partial charge on any atom is -0.349 e. The van der Waals surface area contributed by atoms with Crippen LogP contribution in [0.1, 0.15) is 52.9 Å². The first-order valence-corrected chi connectivity index (χ1v) is 8.65. The average molecular weight is 346 g/mol. The van der Waals surface area contributed by atoms with Crippen LogP contribution in [0, 0.1) is 17.8 Å². The number of hydrogen-bond donors (Lipinski definition) is 2. The van der Waals surface area contributed by atoms with Crippen molar-refractivity contribution in [2.24, 2.45) is 23.5 Å². The molecule has 6 heteroatoms. The van der Waals surface area contributed by atoms with E-state index in [0.29, 0.717) is 19.0 Å². The number of nitrogens with two attached hydrogens (primary N) is 1. The maximum Gasteiger partial charge on any atom is 0.225 e. The lowest BCUT2D eigenvalue weighted by atomic mass is 9.89. The van der Waals surface area contributed by atoms with Crippen LogP contribution in [-0.2, 0) is 9.59 Å². The first kappa shape index (κ1) is 20.2. The molecule has 1 aliphatic heterocycles. The summed E-state index contributed by atoms with van der Waals surface area (Å²) < 4.78 is 0. The van der Waals surface area contributed by atoms with Crippen LogP contribution in [0.3, 0.4) is 0 Å². The Morgan fingerprint density at radius 1 is 1.26 bits per heavy atom. The van der Waals surface area contributed by atoms with Crippen molar-refractivity contribution < 1.29 is 9.59 Å². The smallest absolute Gasteiger partial charge is 0.225 e. The SMILES string of the molecule is CC(C)CC(C)(CN)NC(=O)C1CCCN(C(=O)C2CC2)C1.Cl. The number of piperidine rings is 1. The van der Waals surface area contributed by atoms with Crippen LogP contribution in [-0.4, -0.2) is 41.9 Å². The van der Waals surface area contributed by atoms with Gasteiger partial charge in [0.2, 0.25) is 11.8 Å². The lowest BCUT2D eigenvalue weighted by molar-refractivity contribution is -0.137. The number of halogens is 1. The number of hydrogen-bond acceptors (Lipinski definition) is 3. The summed E-state index contributed by atoms with van der Waals surface area (Å²) in [6.45, 7) is 8.10. The molecule has 2 unspecified atom stereocenters. The Balaban J connectivity index is 0.00000264. The molecular weight excluding hydrogens is 314 g/mol. The molecule has 2 aliphatic rings. The van der Waals surface area contributed by atoms with E-state index >= 15 is 0 Å². The quantitative estimate of drug-likeness (QED) is 0.772. The number of likely N-dealkylation sites (tertiary alicyclic amines) is 1. The molecule has 23 heavy (non-hydrogen) atoms. The Labute approximate surface area is 146 Å². The van der Waals surface area contributed by atoms with Gasteiger partial charge in [-0.05, 0) is 44.9 Å². The van der Waals surface area contributed by atoms with E-state index in [4.69, 9.17) is 5.73 Å². The fourth-order valence-corrected chi connectivity index (χ4v) is 3.47. The van der Waals surface area contributed by atoms with Gasteiger partial charge in [0.05, 0.1) is 5.92 Å². The Hall–Kier alpha value is -0.810. The van der Waals surface area contributed by atoms with Crippen molar-refractivity contribution in [1.29, 1.82) is 0 Å². The fourth-order valence-electron chi connectivity index (χ4n) is 3.47. The average Bonchev–Trinajstić information content (AvgIpc) is 3.30. The predicted molar refractivity (Wildman–Crippen MR) is 94.3 cm³/mol. The van der Waals surface area contributed by atoms with Crippen molar-refractivity contribution in [2.75, 3.05) is 19.6 Å². The van der Waals surface area contributed by atoms with Gasteiger partial charge in [-0.25, -0.2) is 0 Å². The molecule has 0 aromatic heterocycles. The molecule has 0 radical (unpaired) electrons. The van der Waals surface area contributed by atoms with E-state index in [2.05, 4.69) is 19.2 Å². The van der Waals surface area contributed by atoms with Gasteiger partial charge in [0.25, 0.3) is 0 Å². The van der Waals surface area contributed by atoms with Crippen molar-refractivity contribution in [3.05, 3.63) is 0 Å². The molecule has 5 nitrogen and oxygen atoms in total. The second kappa shape index (κ2) is 8.34. The van der Waals surface area contributed by atoms with Crippen molar-refractivity contribution >= 4 is 24.2 Å². The van der Waals surface area contributed by atoms with Crippen molar-refractivity contribution in [3.8, 4) is 0 Å². The summed E-state index contributed by atoms with van der Waals surface area (Å²) in [6.07, 6.45) is 4.69. The predicted octanol–water partition coefficient (Wildman–Crippen LogP) is 1.94. The summed E-state index contributed by atoms with van der Waals surface area (Å²) in [5, 5.41) is 3.15. The lowest BCUT2D eigenvalue weighted by Gasteiger charge is -2.36. The molecule has 0 spiro atoms. The highest BCUT2D eigenvalue weighted by molar-refractivity contribution is 5.85. The summed E-state index contributed by atoms with van der Waals surface area (Å²) >= 11 is 0. The van der Waals surface area contributed by atoms with Gasteiger partial charge in [0, 0.05) is 31.1 Å². The first-order chi connectivity index (χ1) is 10.3. The Morgan fingerprint density at radius 2 is 1.91 bits per heavy atom. The summed E-state index contributed by atoms with van der Waals surface area (Å²) in [5.74, 6) is 0.933. The standard InChI is InChI=1S/C17H31N3O2.ClH/c1-12(2)9-17(3,11-18)19-15(21)14-5-4-8-20(10-14)16(22)13-6-7-13;/h12-14H,4-11,18H2,1-3H3,(H,19,21);1H. The molecule has 2 fully saturated rings. The van der Waals surface area contributed by atoms with Gasteiger partial charge in [0.1, 0.15) is 0 Å². The van der Waals surface area contributed by atoms with E-state index in [1.165, 1.54) is 0 Å². The van der Waals surface area contributed by atoms with Crippen LogP contribution in [0.25, 0.3) is 0 Å². The van der Waals surface area contributed by atoms with Crippen molar-refractivity contribution in [3.63, 3.8) is 0 Å². The molecule has 0 bridgehead atoms. The maximum absolute atomic E-state index is 12.6. The molecule has 0 aromatic rings. The van der Waals surface area contributed by atoms with E-state index < -0.39 is 0 Å². The van der Waals surface area contributed by atoms with E-state index in [1.807, 2.05) is 11.8 Å². The molecule has 134 valence electrons. The molecule has 1 saturated carbocycles. The maximum atomic E-state index is 12.6. The summed E-state index contributed by atoms with van der Waals surface area (Å²) in [5.41, 5.74) is 5.52. The Bertz CT molecular complexity index is 426.